The van der Waals surface area contributed by atoms with Crippen molar-refractivity contribution < 1.29 is 27.9 Å². The average Bonchev–Trinajstić information content (AvgIpc) is 2.85. The van der Waals surface area contributed by atoms with Gasteiger partial charge in [-0.3, -0.25) is 9.36 Å². The van der Waals surface area contributed by atoms with Crippen LogP contribution in [0, 0.1) is 11.6 Å². The maximum atomic E-state index is 13.4. The van der Waals surface area contributed by atoms with Gasteiger partial charge in [-0.05, 0) is 43.4 Å². The van der Waals surface area contributed by atoms with Crippen molar-refractivity contribution >= 4 is 13.5 Å². The van der Waals surface area contributed by atoms with Crippen molar-refractivity contribution in [2.45, 2.75) is 43.4 Å². The molecule has 2 fully saturated rings. The molecule has 0 spiro atoms. The van der Waals surface area contributed by atoms with Crippen molar-refractivity contribution in [3.05, 3.63) is 35.4 Å². The van der Waals surface area contributed by atoms with Crippen LogP contribution in [0.4, 0.5) is 8.78 Å². The Balaban J connectivity index is 1.93. The molecular weight excluding hydrogens is 315 g/mol. The van der Waals surface area contributed by atoms with E-state index in [1.807, 2.05) is 0 Å². The van der Waals surface area contributed by atoms with E-state index in [0.29, 0.717) is 24.8 Å². The number of piperidine rings is 1. The summed E-state index contributed by atoms with van der Waals surface area (Å²) in [6.07, 6.45) is 1.95. The van der Waals surface area contributed by atoms with E-state index >= 15 is 0 Å². The van der Waals surface area contributed by atoms with Gasteiger partial charge in [0.2, 0.25) is 5.91 Å². The van der Waals surface area contributed by atoms with Gasteiger partial charge in [0.05, 0.1) is 6.04 Å². The number of carbonyl (C=O) groups excluding carboxylic acids is 1. The lowest BCUT2D eigenvalue weighted by atomic mass is 10.0. The first-order valence-electron chi connectivity index (χ1n) is 7.11. The van der Waals surface area contributed by atoms with Gasteiger partial charge < -0.3 is 14.7 Å². The van der Waals surface area contributed by atoms with Crippen molar-refractivity contribution in [2.24, 2.45) is 0 Å². The van der Waals surface area contributed by atoms with E-state index in [1.54, 1.807) is 0 Å². The zero-order valence-corrected chi connectivity index (χ0v) is 12.5. The van der Waals surface area contributed by atoms with Gasteiger partial charge in [0, 0.05) is 6.04 Å². The largest absolute Gasteiger partial charge is 0.337 e. The van der Waals surface area contributed by atoms with E-state index in [4.69, 9.17) is 0 Å². The molecule has 1 amide bonds. The average molecular weight is 331 g/mol. The SMILES string of the molecule is O=C1C(P(=O)(O)O)CC[C@@H]2CC[C@@H](c3ccc(F)c(F)c3)N12. The van der Waals surface area contributed by atoms with Crippen LogP contribution < -0.4 is 0 Å². The first-order valence-corrected chi connectivity index (χ1v) is 8.79. The fraction of sp³-hybridized carbons (Fsp3) is 0.500. The van der Waals surface area contributed by atoms with Crippen molar-refractivity contribution in [1.82, 2.24) is 4.90 Å². The normalized spacial score (nSPS) is 28.8. The molecule has 0 radical (unpaired) electrons. The van der Waals surface area contributed by atoms with Crippen molar-refractivity contribution in [1.29, 1.82) is 0 Å². The number of benzene rings is 1. The topological polar surface area (TPSA) is 77.8 Å². The minimum atomic E-state index is -4.51. The van der Waals surface area contributed by atoms with Crippen LogP contribution in [0.3, 0.4) is 0 Å². The Hall–Kier alpha value is -1.30. The summed E-state index contributed by atoms with van der Waals surface area (Å²) in [5.41, 5.74) is -0.865. The van der Waals surface area contributed by atoms with Crippen LogP contribution >= 0.6 is 7.60 Å². The van der Waals surface area contributed by atoms with Gasteiger partial charge in [0.15, 0.2) is 11.6 Å². The zero-order valence-electron chi connectivity index (χ0n) is 11.7. The molecule has 1 aromatic carbocycles. The third-order valence-corrected chi connectivity index (χ3v) is 5.84. The molecular formula is C14H16F2NO4P. The molecule has 2 aliphatic heterocycles. The summed E-state index contributed by atoms with van der Waals surface area (Å²) in [4.78, 5) is 32.6. The van der Waals surface area contributed by atoms with E-state index in [2.05, 4.69) is 0 Å². The number of fused-ring (bicyclic) bond motifs is 1. The number of hydrogen-bond donors (Lipinski definition) is 2. The fourth-order valence-corrected chi connectivity index (χ4v) is 4.41. The first-order chi connectivity index (χ1) is 10.3. The monoisotopic (exact) mass is 331 g/mol. The molecule has 2 saturated heterocycles. The molecule has 8 heteroatoms. The summed E-state index contributed by atoms with van der Waals surface area (Å²) in [5.74, 6) is -2.54. The molecule has 2 heterocycles. The molecule has 22 heavy (non-hydrogen) atoms. The van der Waals surface area contributed by atoms with Crippen molar-refractivity contribution in [2.75, 3.05) is 0 Å². The van der Waals surface area contributed by atoms with Gasteiger partial charge in [-0.1, -0.05) is 6.07 Å². The van der Waals surface area contributed by atoms with Gasteiger partial charge >= 0.3 is 7.60 Å². The summed E-state index contributed by atoms with van der Waals surface area (Å²) >= 11 is 0. The van der Waals surface area contributed by atoms with E-state index in [1.165, 1.54) is 11.0 Å². The third kappa shape index (κ3) is 2.57. The van der Waals surface area contributed by atoms with Crippen LogP contribution in [0.5, 0.6) is 0 Å². The molecule has 5 nitrogen and oxygen atoms in total. The van der Waals surface area contributed by atoms with Crippen LogP contribution in [0.1, 0.15) is 37.3 Å². The number of nitrogens with zero attached hydrogens (tertiary/aromatic N) is 1. The fourth-order valence-electron chi connectivity index (χ4n) is 3.50. The Bertz CT molecular complexity index is 662. The molecule has 3 atom stereocenters. The quantitative estimate of drug-likeness (QED) is 0.816. The highest BCUT2D eigenvalue weighted by Crippen LogP contribution is 2.51. The maximum Gasteiger partial charge on any atom is 0.337 e. The summed E-state index contributed by atoms with van der Waals surface area (Å²) in [6, 6.07) is 2.93. The van der Waals surface area contributed by atoms with E-state index in [0.717, 1.165) is 12.1 Å². The molecule has 0 aromatic heterocycles. The molecule has 0 saturated carbocycles. The lowest BCUT2D eigenvalue weighted by Gasteiger charge is -2.38. The number of carbonyl (C=O) groups is 1. The summed E-state index contributed by atoms with van der Waals surface area (Å²) in [6.45, 7) is 0. The molecule has 2 N–H and O–H groups in total. The van der Waals surface area contributed by atoms with Crippen LogP contribution in [0.2, 0.25) is 0 Å². The van der Waals surface area contributed by atoms with Gasteiger partial charge in [-0.25, -0.2) is 8.78 Å². The Kier molecular flexibility index (Phi) is 3.83. The second-order valence-electron chi connectivity index (χ2n) is 5.85. The van der Waals surface area contributed by atoms with Gasteiger partial charge in [-0.2, -0.15) is 0 Å². The predicted octanol–water partition coefficient (Wildman–Crippen LogP) is 2.34. The molecule has 3 rings (SSSR count). The summed E-state index contributed by atoms with van der Waals surface area (Å²) in [7, 11) is -4.51. The maximum absolute atomic E-state index is 13.4. The van der Waals surface area contributed by atoms with Crippen LogP contribution in [-0.4, -0.2) is 32.3 Å². The lowest BCUT2D eigenvalue weighted by molar-refractivity contribution is -0.136. The highest BCUT2D eigenvalue weighted by atomic mass is 31.2. The summed E-state index contributed by atoms with van der Waals surface area (Å²) in [5, 5.41) is 0. The van der Waals surface area contributed by atoms with Crippen LogP contribution in [-0.2, 0) is 9.36 Å². The lowest BCUT2D eigenvalue weighted by Crippen LogP contribution is -2.47. The Labute approximate surface area is 126 Å². The molecule has 1 unspecified atom stereocenters. The highest BCUT2D eigenvalue weighted by Gasteiger charge is 2.49. The second-order valence-corrected chi connectivity index (χ2v) is 7.65. The number of hydrogen-bond acceptors (Lipinski definition) is 2. The highest BCUT2D eigenvalue weighted by molar-refractivity contribution is 7.53. The Morgan fingerprint density at radius 2 is 1.77 bits per heavy atom. The minimum Gasteiger partial charge on any atom is -0.332 e. The minimum absolute atomic E-state index is 0.0894. The molecule has 120 valence electrons. The van der Waals surface area contributed by atoms with Crippen LogP contribution in [0.15, 0.2) is 18.2 Å². The molecule has 0 aliphatic carbocycles. The van der Waals surface area contributed by atoms with E-state index in [-0.39, 0.29) is 12.5 Å². The van der Waals surface area contributed by atoms with E-state index in [9.17, 15) is 27.9 Å². The number of amides is 1. The van der Waals surface area contributed by atoms with Gasteiger partial charge in [0.25, 0.3) is 0 Å². The Morgan fingerprint density at radius 1 is 1.09 bits per heavy atom. The van der Waals surface area contributed by atoms with Crippen molar-refractivity contribution in [3.8, 4) is 0 Å². The van der Waals surface area contributed by atoms with Gasteiger partial charge in [-0.15, -0.1) is 0 Å². The third-order valence-electron chi connectivity index (χ3n) is 4.55. The van der Waals surface area contributed by atoms with Crippen LogP contribution in [0.25, 0.3) is 0 Å². The zero-order chi connectivity index (χ0) is 16.1. The standard InChI is InChI=1S/C14H16F2NO4P/c15-10-4-1-8(7-11(10)16)12-5-2-9-3-6-13(22(19,20)21)14(18)17(9)12/h1,4,7,9,12-13H,2-3,5-6H2,(H2,19,20,21)/t9-,12-,13?/m0/s1. The van der Waals surface area contributed by atoms with E-state index < -0.39 is 36.8 Å². The van der Waals surface area contributed by atoms with Gasteiger partial charge in [0.1, 0.15) is 5.66 Å². The predicted molar refractivity (Wildman–Crippen MR) is 74.0 cm³/mol. The number of rotatable bonds is 2. The van der Waals surface area contributed by atoms with Crippen molar-refractivity contribution in [3.63, 3.8) is 0 Å². The first kappa shape index (κ1) is 15.6. The summed E-state index contributed by atoms with van der Waals surface area (Å²) < 4.78 is 37.9. The smallest absolute Gasteiger partial charge is 0.332 e. The molecule has 2 aliphatic rings. The molecule has 0 bridgehead atoms. The number of halogens is 2. The molecule has 1 aromatic rings. The Morgan fingerprint density at radius 3 is 2.41 bits per heavy atom. The second kappa shape index (κ2) is 5.41.